The molecule has 0 spiro atoms. The van der Waals surface area contributed by atoms with Gasteiger partial charge in [0, 0.05) is 18.8 Å². The van der Waals surface area contributed by atoms with Crippen LogP contribution in [0.25, 0.3) is 0 Å². The second-order valence-electron chi connectivity index (χ2n) is 6.06. The predicted octanol–water partition coefficient (Wildman–Crippen LogP) is 2.00. The van der Waals surface area contributed by atoms with Crippen molar-refractivity contribution in [2.24, 2.45) is 0 Å². The van der Waals surface area contributed by atoms with Crippen molar-refractivity contribution in [3.63, 3.8) is 0 Å². The van der Waals surface area contributed by atoms with E-state index in [1.54, 1.807) is 13.8 Å². The van der Waals surface area contributed by atoms with Gasteiger partial charge in [-0.2, -0.15) is 0 Å². The molecule has 4 nitrogen and oxygen atoms in total. The zero-order valence-corrected chi connectivity index (χ0v) is 12.8. The number of carbonyl (C=O) groups excluding carboxylic acids is 1. The Kier molecular flexibility index (Phi) is 6.01. The average molecular weight is 268 g/mol. The van der Waals surface area contributed by atoms with Crippen LogP contribution in [0, 0.1) is 0 Å². The molecule has 0 saturated heterocycles. The van der Waals surface area contributed by atoms with Gasteiger partial charge in [0.1, 0.15) is 0 Å². The van der Waals surface area contributed by atoms with Crippen LogP contribution in [0.1, 0.15) is 46.5 Å². The number of hydrogen-bond acceptors (Lipinski definition) is 3. The molecular weight excluding hydrogens is 240 g/mol. The number of nitrogens with zero attached hydrogens (tertiary/aromatic N) is 2. The van der Waals surface area contributed by atoms with Crippen molar-refractivity contribution in [1.82, 2.24) is 9.80 Å². The first-order valence-corrected chi connectivity index (χ1v) is 7.24. The van der Waals surface area contributed by atoms with Gasteiger partial charge in [-0.1, -0.05) is 6.08 Å². The molecule has 0 fully saturated rings. The van der Waals surface area contributed by atoms with E-state index in [0.29, 0.717) is 13.1 Å². The highest BCUT2D eigenvalue weighted by Gasteiger charge is 2.22. The maximum absolute atomic E-state index is 12.3. The maximum atomic E-state index is 12.3. The standard InChI is InChI=1S/C15H28N2O2/c1-5-17(13-9-7-6-8-10-13)14(18)11-16(4)12-15(2,3)19/h9,19H,5-8,10-12H2,1-4H3. The third-order valence-corrected chi connectivity index (χ3v) is 3.29. The molecule has 1 N–H and O–H groups in total. The summed E-state index contributed by atoms with van der Waals surface area (Å²) in [5.74, 6) is 0.127. The predicted molar refractivity (Wildman–Crippen MR) is 77.7 cm³/mol. The second kappa shape index (κ2) is 7.06. The molecule has 0 aromatic heterocycles. The zero-order chi connectivity index (χ0) is 14.5. The Morgan fingerprint density at radius 1 is 1.42 bits per heavy atom. The summed E-state index contributed by atoms with van der Waals surface area (Å²) in [5, 5.41) is 9.77. The average Bonchev–Trinajstić information content (AvgIpc) is 2.28. The number of allylic oxidation sites excluding steroid dienone is 2. The Labute approximate surface area is 117 Å². The maximum Gasteiger partial charge on any atom is 0.240 e. The lowest BCUT2D eigenvalue weighted by molar-refractivity contribution is -0.130. The molecule has 1 aliphatic rings. The number of rotatable bonds is 6. The molecule has 0 heterocycles. The SMILES string of the molecule is CCN(C(=O)CN(C)CC(C)(C)O)C1=CCCCC1. The van der Waals surface area contributed by atoms with Gasteiger partial charge in [0.05, 0.1) is 12.1 Å². The zero-order valence-electron chi connectivity index (χ0n) is 12.8. The van der Waals surface area contributed by atoms with E-state index in [4.69, 9.17) is 0 Å². The lowest BCUT2D eigenvalue weighted by Crippen LogP contribution is -2.43. The van der Waals surface area contributed by atoms with Crippen LogP contribution in [0.15, 0.2) is 11.8 Å². The third kappa shape index (κ3) is 5.74. The molecule has 1 aliphatic carbocycles. The minimum atomic E-state index is -0.768. The summed E-state index contributed by atoms with van der Waals surface area (Å²) in [4.78, 5) is 16.1. The van der Waals surface area contributed by atoms with Crippen molar-refractivity contribution in [2.75, 3.05) is 26.7 Å². The van der Waals surface area contributed by atoms with E-state index in [0.717, 1.165) is 19.4 Å². The van der Waals surface area contributed by atoms with Gasteiger partial charge in [0.25, 0.3) is 0 Å². The molecule has 1 rings (SSSR count). The Balaban J connectivity index is 2.56. The van der Waals surface area contributed by atoms with E-state index in [1.807, 2.05) is 23.8 Å². The second-order valence-corrected chi connectivity index (χ2v) is 6.06. The third-order valence-electron chi connectivity index (χ3n) is 3.29. The molecule has 0 aromatic rings. The highest BCUT2D eigenvalue weighted by Crippen LogP contribution is 2.21. The van der Waals surface area contributed by atoms with Crippen molar-refractivity contribution < 1.29 is 9.90 Å². The Morgan fingerprint density at radius 3 is 2.58 bits per heavy atom. The van der Waals surface area contributed by atoms with Gasteiger partial charge in [-0.05, 0) is 53.5 Å². The van der Waals surface area contributed by atoms with Crippen molar-refractivity contribution in [3.05, 3.63) is 11.8 Å². The minimum absolute atomic E-state index is 0.127. The molecule has 0 unspecified atom stereocenters. The molecule has 0 bridgehead atoms. The normalized spacial score (nSPS) is 16.4. The van der Waals surface area contributed by atoms with E-state index >= 15 is 0 Å². The van der Waals surface area contributed by atoms with E-state index < -0.39 is 5.60 Å². The number of likely N-dealkylation sites (N-methyl/N-ethyl adjacent to an activating group) is 2. The summed E-state index contributed by atoms with van der Waals surface area (Å²) in [5.41, 5.74) is 0.409. The van der Waals surface area contributed by atoms with Crippen molar-refractivity contribution in [3.8, 4) is 0 Å². The molecule has 0 atom stereocenters. The van der Waals surface area contributed by atoms with E-state index in [1.165, 1.54) is 18.5 Å². The van der Waals surface area contributed by atoms with E-state index in [9.17, 15) is 9.90 Å². The fourth-order valence-corrected chi connectivity index (χ4v) is 2.64. The van der Waals surface area contributed by atoms with Crippen molar-refractivity contribution >= 4 is 5.91 Å². The van der Waals surface area contributed by atoms with Gasteiger partial charge in [-0.25, -0.2) is 0 Å². The topological polar surface area (TPSA) is 43.8 Å². The molecule has 19 heavy (non-hydrogen) atoms. The van der Waals surface area contributed by atoms with Gasteiger partial charge in [-0.3, -0.25) is 9.69 Å². The highest BCUT2D eigenvalue weighted by atomic mass is 16.3. The Bertz CT molecular complexity index is 332. The lowest BCUT2D eigenvalue weighted by atomic mass is 10.0. The molecule has 0 aromatic carbocycles. The first-order chi connectivity index (χ1) is 8.83. The van der Waals surface area contributed by atoms with Crippen LogP contribution >= 0.6 is 0 Å². The van der Waals surface area contributed by atoms with Crippen LogP contribution in [0.4, 0.5) is 0 Å². The molecule has 0 saturated carbocycles. The number of amides is 1. The molecular formula is C15H28N2O2. The van der Waals surface area contributed by atoms with Crippen LogP contribution in [-0.4, -0.2) is 53.1 Å². The first-order valence-electron chi connectivity index (χ1n) is 7.24. The summed E-state index contributed by atoms with van der Waals surface area (Å²) in [7, 11) is 1.87. The number of hydrogen-bond donors (Lipinski definition) is 1. The van der Waals surface area contributed by atoms with E-state index in [2.05, 4.69) is 6.08 Å². The van der Waals surface area contributed by atoms with Crippen LogP contribution < -0.4 is 0 Å². The summed E-state index contributed by atoms with van der Waals surface area (Å²) in [6, 6.07) is 0. The molecule has 4 heteroatoms. The quantitative estimate of drug-likeness (QED) is 0.801. The Morgan fingerprint density at radius 2 is 2.11 bits per heavy atom. The molecule has 1 amide bonds. The number of aliphatic hydroxyl groups is 1. The summed E-state index contributed by atoms with van der Waals surface area (Å²) in [6.45, 7) is 7.11. The monoisotopic (exact) mass is 268 g/mol. The Hall–Kier alpha value is -0.870. The first kappa shape index (κ1) is 16.2. The van der Waals surface area contributed by atoms with E-state index in [-0.39, 0.29) is 5.91 Å². The largest absolute Gasteiger partial charge is 0.389 e. The smallest absolute Gasteiger partial charge is 0.240 e. The summed E-state index contributed by atoms with van der Waals surface area (Å²) >= 11 is 0. The molecule has 0 radical (unpaired) electrons. The van der Waals surface area contributed by atoms with Crippen LogP contribution in [0.3, 0.4) is 0 Å². The molecule has 0 aliphatic heterocycles. The van der Waals surface area contributed by atoms with Gasteiger partial charge in [0.15, 0.2) is 0 Å². The molecule has 110 valence electrons. The lowest BCUT2D eigenvalue weighted by Gasteiger charge is -2.30. The fraction of sp³-hybridized carbons (Fsp3) is 0.800. The van der Waals surface area contributed by atoms with Crippen molar-refractivity contribution in [1.29, 1.82) is 0 Å². The van der Waals surface area contributed by atoms with Crippen LogP contribution in [-0.2, 0) is 4.79 Å². The van der Waals surface area contributed by atoms with Gasteiger partial charge < -0.3 is 10.0 Å². The van der Waals surface area contributed by atoms with Crippen LogP contribution in [0.2, 0.25) is 0 Å². The van der Waals surface area contributed by atoms with Gasteiger partial charge in [0.2, 0.25) is 5.91 Å². The van der Waals surface area contributed by atoms with Crippen molar-refractivity contribution in [2.45, 2.75) is 52.1 Å². The fourth-order valence-electron chi connectivity index (χ4n) is 2.64. The van der Waals surface area contributed by atoms with Crippen LogP contribution in [0.5, 0.6) is 0 Å². The minimum Gasteiger partial charge on any atom is -0.389 e. The highest BCUT2D eigenvalue weighted by molar-refractivity contribution is 5.80. The summed E-state index contributed by atoms with van der Waals surface area (Å²) < 4.78 is 0. The van der Waals surface area contributed by atoms with Gasteiger partial charge in [-0.15, -0.1) is 0 Å². The summed E-state index contributed by atoms with van der Waals surface area (Å²) in [6.07, 6.45) is 6.69. The number of carbonyl (C=O) groups is 1. The van der Waals surface area contributed by atoms with Gasteiger partial charge >= 0.3 is 0 Å².